The quantitative estimate of drug-likeness (QED) is 0.916. The van der Waals surface area contributed by atoms with Gasteiger partial charge in [0.2, 0.25) is 0 Å². The summed E-state index contributed by atoms with van der Waals surface area (Å²) in [5.74, 6) is -0.222. The molecule has 1 atom stereocenters. The summed E-state index contributed by atoms with van der Waals surface area (Å²) in [6.45, 7) is 1.06. The maximum atomic E-state index is 12.9. The fourth-order valence-corrected chi connectivity index (χ4v) is 2.37. The van der Waals surface area contributed by atoms with E-state index in [1.165, 1.54) is 25.0 Å². The molecule has 102 valence electrons. The summed E-state index contributed by atoms with van der Waals surface area (Å²) < 4.78 is 14.7. The fourth-order valence-electron chi connectivity index (χ4n) is 2.37. The van der Waals surface area contributed by atoms with E-state index in [2.05, 4.69) is 10.4 Å². The van der Waals surface area contributed by atoms with E-state index in [1.54, 1.807) is 16.8 Å². The van der Waals surface area contributed by atoms with Crippen LogP contribution in [0.1, 0.15) is 31.0 Å². The molecule has 1 aliphatic rings. The maximum absolute atomic E-state index is 12.9. The standard InChI is InChI=1S/C14H16FN3.ClH/c15-11-4-6-12(7-5-11)18-10-8-14(17-18)13-3-1-2-9-16-13;/h4-8,10,13,16H,1-3,9H2;1H. The normalized spacial score (nSPS) is 18.9. The van der Waals surface area contributed by atoms with Crippen LogP contribution in [0.15, 0.2) is 36.5 Å². The Balaban J connectivity index is 0.00000133. The van der Waals surface area contributed by atoms with Crippen molar-refractivity contribution in [2.24, 2.45) is 0 Å². The van der Waals surface area contributed by atoms with Crippen molar-refractivity contribution in [1.29, 1.82) is 0 Å². The third kappa shape index (κ3) is 3.14. The molecule has 0 saturated carbocycles. The second-order valence-electron chi connectivity index (χ2n) is 4.66. The van der Waals surface area contributed by atoms with Crippen LogP contribution in [0.4, 0.5) is 4.39 Å². The van der Waals surface area contributed by atoms with Crippen molar-refractivity contribution < 1.29 is 4.39 Å². The van der Waals surface area contributed by atoms with Gasteiger partial charge in [-0.05, 0) is 49.7 Å². The molecule has 5 heteroatoms. The lowest BCUT2D eigenvalue weighted by molar-refractivity contribution is 0.403. The van der Waals surface area contributed by atoms with Gasteiger partial charge in [-0.25, -0.2) is 9.07 Å². The fraction of sp³-hybridized carbons (Fsp3) is 0.357. The Morgan fingerprint density at radius 3 is 2.63 bits per heavy atom. The molecule has 1 aromatic carbocycles. The van der Waals surface area contributed by atoms with Gasteiger partial charge in [0.15, 0.2) is 0 Å². The van der Waals surface area contributed by atoms with Crippen LogP contribution in [-0.4, -0.2) is 16.3 Å². The topological polar surface area (TPSA) is 29.9 Å². The van der Waals surface area contributed by atoms with Crippen molar-refractivity contribution in [3.63, 3.8) is 0 Å². The molecular weight excluding hydrogens is 265 g/mol. The van der Waals surface area contributed by atoms with Gasteiger partial charge in [-0.15, -0.1) is 12.4 Å². The lowest BCUT2D eigenvalue weighted by Gasteiger charge is -2.21. The van der Waals surface area contributed by atoms with Crippen molar-refractivity contribution in [3.05, 3.63) is 48.0 Å². The highest BCUT2D eigenvalue weighted by Gasteiger charge is 2.17. The van der Waals surface area contributed by atoms with Gasteiger partial charge in [-0.3, -0.25) is 0 Å². The third-order valence-corrected chi connectivity index (χ3v) is 3.37. The van der Waals surface area contributed by atoms with Crippen molar-refractivity contribution in [2.45, 2.75) is 25.3 Å². The van der Waals surface area contributed by atoms with Gasteiger partial charge in [0.05, 0.1) is 17.4 Å². The van der Waals surface area contributed by atoms with Gasteiger partial charge in [-0.2, -0.15) is 5.10 Å². The molecule has 1 aromatic heterocycles. The SMILES string of the molecule is Cl.Fc1ccc(-n2ccc(C3CCCCN3)n2)cc1. The molecule has 1 unspecified atom stereocenters. The number of hydrogen-bond acceptors (Lipinski definition) is 2. The maximum Gasteiger partial charge on any atom is 0.123 e. The van der Waals surface area contributed by atoms with Gasteiger partial charge in [-0.1, -0.05) is 6.42 Å². The molecule has 0 spiro atoms. The van der Waals surface area contributed by atoms with Crippen LogP contribution in [0.3, 0.4) is 0 Å². The van der Waals surface area contributed by atoms with Crippen LogP contribution < -0.4 is 5.32 Å². The van der Waals surface area contributed by atoms with Crippen molar-refractivity contribution >= 4 is 12.4 Å². The minimum absolute atomic E-state index is 0. The highest BCUT2D eigenvalue weighted by molar-refractivity contribution is 5.85. The Morgan fingerprint density at radius 1 is 1.16 bits per heavy atom. The van der Waals surface area contributed by atoms with E-state index in [9.17, 15) is 4.39 Å². The summed E-state index contributed by atoms with van der Waals surface area (Å²) in [6, 6.07) is 8.78. The van der Waals surface area contributed by atoms with E-state index in [0.29, 0.717) is 6.04 Å². The Labute approximate surface area is 118 Å². The first-order valence-electron chi connectivity index (χ1n) is 6.38. The molecule has 1 aliphatic heterocycles. The molecule has 2 aromatic rings. The average Bonchev–Trinajstić information content (AvgIpc) is 2.90. The molecule has 0 bridgehead atoms. The Kier molecular flexibility index (Phi) is 4.56. The summed E-state index contributed by atoms with van der Waals surface area (Å²) in [5, 5.41) is 8.04. The molecular formula is C14H17ClFN3. The predicted molar refractivity (Wildman–Crippen MR) is 75.4 cm³/mol. The van der Waals surface area contributed by atoms with Gasteiger partial charge >= 0.3 is 0 Å². The van der Waals surface area contributed by atoms with E-state index in [0.717, 1.165) is 24.3 Å². The molecule has 3 nitrogen and oxygen atoms in total. The lowest BCUT2D eigenvalue weighted by Crippen LogP contribution is -2.27. The summed E-state index contributed by atoms with van der Waals surface area (Å²) in [6.07, 6.45) is 5.57. The second-order valence-corrected chi connectivity index (χ2v) is 4.66. The minimum Gasteiger partial charge on any atom is -0.309 e. The zero-order valence-corrected chi connectivity index (χ0v) is 11.4. The van der Waals surface area contributed by atoms with Crippen molar-refractivity contribution in [2.75, 3.05) is 6.54 Å². The third-order valence-electron chi connectivity index (χ3n) is 3.37. The monoisotopic (exact) mass is 281 g/mol. The highest BCUT2D eigenvalue weighted by atomic mass is 35.5. The predicted octanol–water partition coefficient (Wildman–Crippen LogP) is 3.25. The first-order valence-corrected chi connectivity index (χ1v) is 6.38. The zero-order chi connectivity index (χ0) is 12.4. The van der Waals surface area contributed by atoms with Crippen molar-refractivity contribution in [3.8, 4) is 5.69 Å². The minimum atomic E-state index is -0.222. The number of nitrogens with zero attached hydrogens (tertiary/aromatic N) is 2. The average molecular weight is 282 g/mol. The van der Waals surface area contributed by atoms with Crippen LogP contribution in [0.25, 0.3) is 5.69 Å². The molecule has 19 heavy (non-hydrogen) atoms. The van der Waals surface area contributed by atoms with E-state index in [1.807, 2.05) is 12.3 Å². The van der Waals surface area contributed by atoms with Crippen LogP contribution in [0.2, 0.25) is 0 Å². The van der Waals surface area contributed by atoms with E-state index >= 15 is 0 Å². The molecule has 0 radical (unpaired) electrons. The number of rotatable bonds is 2. The molecule has 3 rings (SSSR count). The molecule has 2 heterocycles. The van der Waals surface area contributed by atoms with Crippen molar-refractivity contribution in [1.82, 2.24) is 15.1 Å². The second kappa shape index (κ2) is 6.17. The number of nitrogens with one attached hydrogen (secondary N) is 1. The summed E-state index contributed by atoms with van der Waals surface area (Å²) in [5.41, 5.74) is 1.96. The van der Waals surface area contributed by atoms with E-state index in [4.69, 9.17) is 0 Å². The molecule has 1 saturated heterocycles. The highest BCUT2D eigenvalue weighted by Crippen LogP contribution is 2.22. The van der Waals surface area contributed by atoms with E-state index in [-0.39, 0.29) is 18.2 Å². The largest absolute Gasteiger partial charge is 0.309 e. The molecule has 1 N–H and O–H groups in total. The summed E-state index contributed by atoms with van der Waals surface area (Å²) >= 11 is 0. The van der Waals surface area contributed by atoms with Crippen LogP contribution in [-0.2, 0) is 0 Å². The molecule has 1 fully saturated rings. The summed E-state index contributed by atoms with van der Waals surface area (Å²) in [7, 11) is 0. The Morgan fingerprint density at radius 2 is 1.95 bits per heavy atom. The smallest absolute Gasteiger partial charge is 0.123 e. The number of halogens is 2. The first-order chi connectivity index (χ1) is 8.83. The van der Waals surface area contributed by atoms with Gasteiger partial charge in [0.1, 0.15) is 5.82 Å². The Hall–Kier alpha value is -1.39. The van der Waals surface area contributed by atoms with Crippen LogP contribution in [0, 0.1) is 5.82 Å². The zero-order valence-electron chi connectivity index (χ0n) is 10.6. The van der Waals surface area contributed by atoms with Gasteiger partial charge in [0, 0.05) is 6.20 Å². The number of aromatic nitrogens is 2. The van der Waals surface area contributed by atoms with Gasteiger partial charge in [0.25, 0.3) is 0 Å². The number of piperidine rings is 1. The van der Waals surface area contributed by atoms with Gasteiger partial charge < -0.3 is 5.32 Å². The summed E-state index contributed by atoms with van der Waals surface area (Å²) in [4.78, 5) is 0. The number of benzene rings is 1. The molecule has 0 aliphatic carbocycles. The van der Waals surface area contributed by atoms with Crippen LogP contribution in [0.5, 0.6) is 0 Å². The Bertz CT molecular complexity index is 518. The van der Waals surface area contributed by atoms with E-state index < -0.39 is 0 Å². The first kappa shape index (κ1) is 14.0. The van der Waals surface area contributed by atoms with Crippen LogP contribution >= 0.6 is 12.4 Å². The molecule has 0 amide bonds. The lowest BCUT2D eigenvalue weighted by atomic mass is 10.0. The number of hydrogen-bond donors (Lipinski definition) is 1.